The molecule has 3 aromatic rings. The summed E-state index contributed by atoms with van der Waals surface area (Å²) in [5.74, 6) is -4.29. The van der Waals surface area contributed by atoms with Gasteiger partial charge < -0.3 is 9.84 Å². The lowest BCUT2D eigenvalue weighted by Crippen LogP contribution is -2.30. The molecule has 6 nitrogen and oxygen atoms in total. The number of anilines is 1. The molecule has 1 N–H and O–H groups in total. The third kappa shape index (κ3) is 3.58. The van der Waals surface area contributed by atoms with Gasteiger partial charge >= 0.3 is 0 Å². The Morgan fingerprint density at radius 1 is 1.12 bits per heavy atom. The van der Waals surface area contributed by atoms with E-state index in [9.17, 15) is 23.5 Å². The van der Waals surface area contributed by atoms with Gasteiger partial charge in [-0.25, -0.2) is 8.78 Å². The van der Waals surface area contributed by atoms with Crippen molar-refractivity contribution < 1.29 is 28.2 Å². The van der Waals surface area contributed by atoms with Gasteiger partial charge in [0.2, 0.25) is 0 Å². The lowest BCUT2D eigenvalue weighted by Gasteiger charge is -2.25. The van der Waals surface area contributed by atoms with E-state index < -0.39 is 35.1 Å². The van der Waals surface area contributed by atoms with Gasteiger partial charge in [0.15, 0.2) is 0 Å². The molecule has 1 aliphatic heterocycles. The Labute approximate surface area is 186 Å². The van der Waals surface area contributed by atoms with E-state index in [2.05, 4.69) is 4.98 Å². The summed E-state index contributed by atoms with van der Waals surface area (Å²) in [6.07, 6.45) is 1.43. The smallest absolute Gasteiger partial charge is 0.300 e. The highest BCUT2D eigenvalue weighted by Crippen LogP contribution is 2.43. The van der Waals surface area contributed by atoms with Crippen molar-refractivity contribution >= 4 is 34.7 Å². The van der Waals surface area contributed by atoms with Crippen molar-refractivity contribution in [3.8, 4) is 5.75 Å². The van der Waals surface area contributed by atoms with Crippen LogP contribution in [-0.4, -0.2) is 28.9 Å². The molecule has 0 bridgehead atoms. The Morgan fingerprint density at radius 2 is 1.91 bits per heavy atom. The molecule has 2 heterocycles. The molecule has 1 aliphatic rings. The Bertz CT molecular complexity index is 1260. The summed E-state index contributed by atoms with van der Waals surface area (Å²) in [5, 5.41) is 11.2. The van der Waals surface area contributed by atoms with E-state index in [1.807, 2.05) is 0 Å². The van der Waals surface area contributed by atoms with Crippen LogP contribution in [0.2, 0.25) is 5.02 Å². The molecule has 1 fully saturated rings. The van der Waals surface area contributed by atoms with Crippen LogP contribution < -0.4 is 9.64 Å². The quantitative estimate of drug-likeness (QED) is 0.351. The molecular weight excluding hydrogens is 442 g/mol. The number of carbonyl (C=O) groups excluding carboxylic acids is 2. The summed E-state index contributed by atoms with van der Waals surface area (Å²) < 4.78 is 33.2. The van der Waals surface area contributed by atoms with Crippen molar-refractivity contribution in [3.05, 3.63) is 94.3 Å². The highest BCUT2D eigenvalue weighted by Gasteiger charge is 2.48. The number of amides is 1. The number of aliphatic hydroxyl groups is 1. The number of hydrogen-bond donors (Lipinski definition) is 1. The predicted octanol–water partition coefficient (Wildman–Crippen LogP) is 4.65. The van der Waals surface area contributed by atoms with E-state index in [0.29, 0.717) is 11.8 Å². The highest BCUT2D eigenvalue weighted by atomic mass is 35.5. The zero-order valence-corrected chi connectivity index (χ0v) is 17.3. The Kier molecular flexibility index (Phi) is 5.63. The van der Waals surface area contributed by atoms with Crippen molar-refractivity contribution in [1.29, 1.82) is 0 Å². The van der Waals surface area contributed by atoms with Gasteiger partial charge in [-0.2, -0.15) is 0 Å². The second kappa shape index (κ2) is 8.39. The number of aromatic nitrogens is 1. The number of methoxy groups -OCH3 is 1. The molecule has 0 saturated carbocycles. The minimum Gasteiger partial charge on any atom is -0.507 e. The van der Waals surface area contributed by atoms with Crippen LogP contribution in [0.1, 0.15) is 17.3 Å². The molecule has 9 heteroatoms. The summed E-state index contributed by atoms with van der Waals surface area (Å²) >= 11 is 6.22. The van der Waals surface area contributed by atoms with Crippen molar-refractivity contribution in [2.24, 2.45) is 0 Å². The van der Waals surface area contributed by atoms with E-state index in [4.69, 9.17) is 16.3 Å². The lowest BCUT2D eigenvalue weighted by atomic mass is 9.98. The second-order valence-electron chi connectivity index (χ2n) is 6.87. The first kappa shape index (κ1) is 21.5. The number of pyridine rings is 1. The van der Waals surface area contributed by atoms with Gasteiger partial charge in [0.25, 0.3) is 11.7 Å². The van der Waals surface area contributed by atoms with Crippen LogP contribution in [0, 0.1) is 11.6 Å². The summed E-state index contributed by atoms with van der Waals surface area (Å²) in [4.78, 5) is 31.0. The lowest BCUT2D eigenvalue weighted by molar-refractivity contribution is -0.132. The van der Waals surface area contributed by atoms with Gasteiger partial charge in [-0.05, 0) is 42.5 Å². The van der Waals surface area contributed by atoms with E-state index in [-0.39, 0.29) is 27.5 Å². The predicted molar refractivity (Wildman–Crippen MR) is 113 cm³/mol. The van der Waals surface area contributed by atoms with E-state index in [1.165, 1.54) is 31.5 Å². The number of ketones is 1. The average molecular weight is 457 g/mol. The molecular formula is C23H15ClF2N2O4. The fourth-order valence-electron chi connectivity index (χ4n) is 3.53. The number of nitrogens with zero attached hydrogens (tertiary/aromatic N) is 2. The summed E-state index contributed by atoms with van der Waals surface area (Å²) in [7, 11) is 1.41. The first-order valence-electron chi connectivity index (χ1n) is 9.34. The van der Waals surface area contributed by atoms with Crippen molar-refractivity contribution in [2.75, 3.05) is 12.0 Å². The fraction of sp³-hybridized carbons (Fsp3) is 0.0870. The molecule has 2 aromatic carbocycles. The normalized spacial score (nSPS) is 17.6. The fourth-order valence-corrected chi connectivity index (χ4v) is 3.74. The third-order valence-electron chi connectivity index (χ3n) is 5.01. The first-order valence-corrected chi connectivity index (χ1v) is 9.72. The molecule has 1 amide bonds. The number of benzene rings is 2. The Morgan fingerprint density at radius 3 is 2.56 bits per heavy atom. The van der Waals surface area contributed by atoms with Crippen LogP contribution in [0.5, 0.6) is 5.75 Å². The molecule has 162 valence electrons. The highest BCUT2D eigenvalue weighted by molar-refractivity contribution is 6.52. The number of aliphatic hydroxyl groups excluding tert-OH is 1. The van der Waals surface area contributed by atoms with E-state index in [1.54, 1.807) is 18.2 Å². The SMILES string of the molecule is COc1ccc(Cl)c(/C(O)=C2\C(=O)C(=O)N(c3ccc(F)cc3F)C2c2ccccn2)c1. The first-order chi connectivity index (χ1) is 15.3. The maximum atomic E-state index is 14.6. The van der Waals surface area contributed by atoms with Crippen molar-refractivity contribution in [2.45, 2.75) is 6.04 Å². The summed E-state index contributed by atoms with van der Waals surface area (Å²) in [6, 6.07) is 10.5. The minimum atomic E-state index is -1.28. The second-order valence-corrected chi connectivity index (χ2v) is 7.27. The standard InChI is InChI=1S/C23H15ClF2N2O4/c1-32-13-6-7-15(24)14(11-13)21(29)19-20(17-4-2-3-9-27-17)28(23(31)22(19)30)18-8-5-12(25)10-16(18)26/h2-11,20,29H,1H3/b21-19+. The Balaban J connectivity index is 1.99. The number of ether oxygens (including phenoxy) is 1. The topological polar surface area (TPSA) is 79.7 Å². The van der Waals surface area contributed by atoms with Crippen LogP contribution in [-0.2, 0) is 9.59 Å². The van der Waals surface area contributed by atoms with Crippen LogP contribution in [0.4, 0.5) is 14.5 Å². The molecule has 1 unspecified atom stereocenters. The average Bonchev–Trinajstić information content (AvgIpc) is 3.05. The monoisotopic (exact) mass is 456 g/mol. The maximum Gasteiger partial charge on any atom is 0.300 e. The number of halogens is 3. The van der Waals surface area contributed by atoms with Crippen LogP contribution in [0.25, 0.3) is 5.76 Å². The third-order valence-corrected chi connectivity index (χ3v) is 5.34. The van der Waals surface area contributed by atoms with E-state index >= 15 is 0 Å². The molecule has 0 radical (unpaired) electrons. The summed E-state index contributed by atoms with van der Waals surface area (Å²) in [5.41, 5.74) is -0.437. The maximum absolute atomic E-state index is 14.6. The van der Waals surface area contributed by atoms with Crippen molar-refractivity contribution in [1.82, 2.24) is 4.98 Å². The zero-order chi connectivity index (χ0) is 23.0. The van der Waals surface area contributed by atoms with Gasteiger partial charge in [0.05, 0.1) is 29.1 Å². The van der Waals surface area contributed by atoms with E-state index in [0.717, 1.165) is 17.0 Å². The Hall–Kier alpha value is -3.78. The molecule has 1 atom stereocenters. The van der Waals surface area contributed by atoms with Crippen LogP contribution in [0.15, 0.2) is 66.4 Å². The molecule has 0 aliphatic carbocycles. The molecule has 0 spiro atoms. The van der Waals surface area contributed by atoms with Gasteiger partial charge in [0.1, 0.15) is 29.2 Å². The van der Waals surface area contributed by atoms with Gasteiger partial charge in [-0.3, -0.25) is 19.5 Å². The number of carbonyl (C=O) groups is 2. The van der Waals surface area contributed by atoms with Crippen LogP contribution in [0.3, 0.4) is 0 Å². The minimum absolute atomic E-state index is 0.0459. The molecule has 1 aromatic heterocycles. The largest absolute Gasteiger partial charge is 0.507 e. The zero-order valence-electron chi connectivity index (χ0n) is 16.6. The van der Waals surface area contributed by atoms with Crippen LogP contribution >= 0.6 is 11.6 Å². The molecule has 32 heavy (non-hydrogen) atoms. The van der Waals surface area contributed by atoms with Gasteiger partial charge in [-0.15, -0.1) is 0 Å². The molecule has 1 saturated heterocycles. The molecule has 4 rings (SSSR count). The number of Topliss-reactive ketones (excluding diaryl/α,β-unsaturated/α-hetero) is 1. The van der Waals surface area contributed by atoms with Gasteiger partial charge in [-0.1, -0.05) is 17.7 Å². The van der Waals surface area contributed by atoms with Crippen molar-refractivity contribution in [3.63, 3.8) is 0 Å². The summed E-state index contributed by atoms with van der Waals surface area (Å²) in [6.45, 7) is 0. The number of hydrogen-bond acceptors (Lipinski definition) is 5. The van der Waals surface area contributed by atoms with Gasteiger partial charge in [0, 0.05) is 17.8 Å². The number of rotatable bonds is 4.